The minimum atomic E-state index is -1.12. The summed E-state index contributed by atoms with van der Waals surface area (Å²) in [6.07, 6.45) is 5.25. The van der Waals surface area contributed by atoms with Gasteiger partial charge in [-0.3, -0.25) is 0 Å². The van der Waals surface area contributed by atoms with E-state index in [1.807, 2.05) is 71.4 Å². The van der Waals surface area contributed by atoms with E-state index in [-0.39, 0.29) is 18.7 Å². The third-order valence-electron chi connectivity index (χ3n) is 8.42. The molecule has 0 aliphatic carbocycles. The van der Waals surface area contributed by atoms with Crippen molar-refractivity contribution in [2.24, 2.45) is 0 Å². The van der Waals surface area contributed by atoms with Crippen molar-refractivity contribution in [3.05, 3.63) is 113 Å². The van der Waals surface area contributed by atoms with Crippen molar-refractivity contribution in [3.8, 4) is 5.75 Å². The Labute approximate surface area is 289 Å². The number of hydrogen-bond donors (Lipinski definition) is 1. The second kappa shape index (κ2) is 15.3. The lowest BCUT2D eigenvalue weighted by Crippen LogP contribution is -2.55. The summed E-state index contributed by atoms with van der Waals surface area (Å²) >= 11 is 12.7. The maximum Gasteiger partial charge on any atom is 0.328 e. The van der Waals surface area contributed by atoms with Gasteiger partial charge in [0.2, 0.25) is 5.79 Å². The Balaban J connectivity index is 1.00. The molecule has 0 radical (unpaired) electrons. The molecule has 2 amide bonds. The van der Waals surface area contributed by atoms with Crippen LogP contribution in [0, 0.1) is 0 Å². The fourth-order valence-electron chi connectivity index (χ4n) is 5.91. The molecule has 3 heterocycles. The van der Waals surface area contributed by atoms with Crippen molar-refractivity contribution in [2.45, 2.75) is 30.9 Å². The molecule has 48 heavy (non-hydrogen) atoms. The number of hydrogen-bond acceptors (Lipinski definition) is 8. The van der Waals surface area contributed by atoms with Gasteiger partial charge >= 0.3 is 12.0 Å². The van der Waals surface area contributed by atoms with Crippen molar-refractivity contribution in [1.29, 1.82) is 0 Å². The molecule has 0 spiro atoms. The molecule has 0 bridgehead atoms. The molecule has 3 atom stereocenters. The van der Waals surface area contributed by atoms with Crippen LogP contribution in [0.1, 0.15) is 11.1 Å². The molecule has 4 aromatic rings. The van der Waals surface area contributed by atoms with E-state index >= 15 is 0 Å². The highest BCUT2D eigenvalue weighted by Crippen LogP contribution is 2.40. The minimum absolute atomic E-state index is 0.279. The van der Waals surface area contributed by atoms with Crippen LogP contribution < -0.4 is 15.0 Å². The standard InChI is InChI=1S/C35H37Cl2N5O6/c1-45-33(43)32(19-25-5-3-2-4-6-25)39-34(44)42-17-15-41(16-18-42)27-8-10-28(11-9-27)46-21-29-22-47-35(48-29,23-40-14-13-38-24-40)30-12-7-26(36)20-31(30)37/h2-14,20,24,29,32H,15-19,21-23H2,1H3,(H,39,44). The number of halogens is 2. The van der Waals surface area contributed by atoms with E-state index in [2.05, 4.69) is 15.2 Å². The van der Waals surface area contributed by atoms with Gasteiger partial charge in [-0.15, -0.1) is 0 Å². The highest BCUT2D eigenvalue weighted by atomic mass is 35.5. The summed E-state index contributed by atoms with van der Waals surface area (Å²) in [6, 6.07) is 21.6. The number of nitrogens with zero attached hydrogens (tertiary/aromatic N) is 4. The molecule has 252 valence electrons. The van der Waals surface area contributed by atoms with Gasteiger partial charge in [0.05, 0.1) is 31.6 Å². The first-order valence-corrected chi connectivity index (χ1v) is 16.5. The Morgan fingerprint density at radius 1 is 1.04 bits per heavy atom. The fourth-order valence-corrected chi connectivity index (χ4v) is 6.46. The van der Waals surface area contributed by atoms with E-state index in [0.29, 0.717) is 67.1 Å². The number of carbonyl (C=O) groups is 2. The zero-order valence-corrected chi connectivity index (χ0v) is 28.0. The molecule has 2 aliphatic heterocycles. The SMILES string of the molecule is COC(=O)C(Cc1ccccc1)NC(=O)N1CCN(c2ccc(OCC3COC(Cn4ccnc4)(c4ccc(Cl)cc4Cl)O3)cc2)CC1. The van der Waals surface area contributed by atoms with E-state index in [9.17, 15) is 9.59 Å². The second-order valence-corrected chi connectivity index (χ2v) is 12.5. The van der Waals surface area contributed by atoms with Crippen LogP contribution in [0.25, 0.3) is 0 Å². The first-order chi connectivity index (χ1) is 23.3. The Hall–Kier alpha value is -4.29. The van der Waals surface area contributed by atoms with Crippen molar-refractivity contribution in [2.75, 3.05) is 51.4 Å². The number of esters is 1. The van der Waals surface area contributed by atoms with Crippen LogP contribution in [0.5, 0.6) is 5.75 Å². The minimum Gasteiger partial charge on any atom is -0.491 e. The summed E-state index contributed by atoms with van der Waals surface area (Å²) < 4.78 is 25.7. The van der Waals surface area contributed by atoms with Crippen molar-refractivity contribution < 1.29 is 28.5 Å². The monoisotopic (exact) mass is 693 g/mol. The van der Waals surface area contributed by atoms with Gasteiger partial charge in [0.15, 0.2) is 0 Å². The van der Waals surface area contributed by atoms with E-state index in [1.54, 1.807) is 29.6 Å². The van der Waals surface area contributed by atoms with Gasteiger partial charge < -0.3 is 38.6 Å². The maximum atomic E-state index is 13.1. The van der Waals surface area contributed by atoms with E-state index in [0.717, 1.165) is 11.3 Å². The molecule has 2 fully saturated rings. The number of carbonyl (C=O) groups excluding carboxylic acids is 2. The smallest absolute Gasteiger partial charge is 0.328 e. The lowest BCUT2D eigenvalue weighted by atomic mass is 10.1. The summed E-state index contributed by atoms with van der Waals surface area (Å²) in [7, 11) is 1.33. The number of ether oxygens (including phenoxy) is 4. The normalized spacial score (nSPS) is 19.9. The summed E-state index contributed by atoms with van der Waals surface area (Å²) in [5.74, 6) is -0.897. The lowest BCUT2D eigenvalue weighted by molar-refractivity contribution is -0.189. The maximum absolute atomic E-state index is 13.1. The van der Waals surface area contributed by atoms with Crippen LogP contribution in [-0.4, -0.2) is 85.1 Å². The zero-order valence-electron chi connectivity index (χ0n) is 26.5. The number of benzene rings is 3. The molecule has 3 unspecified atom stereocenters. The second-order valence-electron chi connectivity index (χ2n) is 11.7. The fraction of sp³-hybridized carbons (Fsp3) is 0.343. The molecule has 1 aromatic heterocycles. The Morgan fingerprint density at radius 2 is 1.81 bits per heavy atom. The first kappa shape index (κ1) is 33.6. The van der Waals surface area contributed by atoms with Crippen LogP contribution in [0.3, 0.4) is 0 Å². The summed E-state index contributed by atoms with van der Waals surface area (Å²) in [6.45, 7) is 3.27. The van der Waals surface area contributed by atoms with E-state index in [1.165, 1.54) is 7.11 Å². The van der Waals surface area contributed by atoms with Crippen LogP contribution in [0.15, 0.2) is 91.5 Å². The van der Waals surface area contributed by atoms with Gasteiger partial charge in [-0.1, -0.05) is 59.6 Å². The molecule has 13 heteroatoms. The molecular weight excluding hydrogens is 657 g/mol. The van der Waals surface area contributed by atoms with Crippen molar-refractivity contribution in [3.63, 3.8) is 0 Å². The summed E-state index contributed by atoms with van der Waals surface area (Å²) in [5, 5.41) is 3.84. The molecule has 3 aromatic carbocycles. The third kappa shape index (κ3) is 8.04. The molecule has 1 N–H and O–H groups in total. The van der Waals surface area contributed by atoms with Gasteiger partial charge in [0.1, 0.15) is 24.5 Å². The summed E-state index contributed by atoms with van der Waals surface area (Å²) in [5.41, 5.74) is 2.65. The molecular formula is C35H37Cl2N5O6. The number of urea groups is 1. The average molecular weight is 695 g/mol. The number of piperazine rings is 1. The predicted octanol–water partition coefficient (Wildman–Crippen LogP) is 5.15. The van der Waals surface area contributed by atoms with Gasteiger partial charge in [0, 0.05) is 61.3 Å². The first-order valence-electron chi connectivity index (χ1n) is 15.7. The van der Waals surface area contributed by atoms with Gasteiger partial charge in [-0.05, 0) is 42.0 Å². The van der Waals surface area contributed by atoms with Crippen LogP contribution in [0.2, 0.25) is 10.0 Å². The third-order valence-corrected chi connectivity index (χ3v) is 8.97. The number of anilines is 1. The van der Waals surface area contributed by atoms with Crippen LogP contribution in [0.4, 0.5) is 10.5 Å². The van der Waals surface area contributed by atoms with E-state index in [4.69, 9.17) is 42.1 Å². The Bertz CT molecular complexity index is 1670. The highest BCUT2D eigenvalue weighted by Gasteiger charge is 2.45. The average Bonchev–Trinajstić information content (AvgIpc) is 3.78. The van der Waals surface area contributed by atoms with Crippen molar-refractivity contribution in [1.82, 2.24) is 19.8 Å². The topological polar surface area (TPSA) is 107 Å². The van der Waals surface area contributed by atoms with Gasteiger partial charge in [-0.2, -0.15) is 0 Å². The lowest BCUT2D eigenvalue weighted by Gasteiger charge is -2.36. The number of aromatic nitrogens is 2. The largest absolute Gasteiger partial charge is 0.491 e. The number of imidazole rings is 1. The molecule has 0 saturated carbocycles. The number of nitrogens with one attached hydrogen (secondary N) is 1. The van der Waals surface area contributed by atoms with Crippen LogP contribution >= 0.6 is 23.2 Å². The number of amides is 2. The quantitative estimate of drug-likeness (QED) is 0.215. The Morgan fingerprint density at radius 3 is 2.50 bits per heavy atom. The highest BCUT2D eigenvalue weighted by molar-refractivity contribution is 6.35. The molecule has 2 saturated heterocycles. The van der Waals surface area contributed by atoms with Gasteiger partial charge in [-0.25, -0.2) is 14.6 Å². The zero-order chi connectivity index (χ0) is 33.5. The number of rotatable bonds is 11. The van der Waals surface area contributed by atoms with E-state index < -0.39 is 17.8 Å². The molecule has 11 nitrogen and oxygen atoms in total. The van der Waals surface area contributed by atoms with Crippen molar-refractivity contribution >= 4 is 40.9 Å². The molecule has 6 rings (SSSR count). The Kier molecular flexibility index (Phi) is 10.7. The molecule has 2 aliphatic rings. The summed E-state index contributed by atoms with van der Waals surface area (Å²) in [4.78, 5) is 33.5. The van der Waals surface area contributed by atoms with Crippen LogP contribution in [-0.2, 0) is 37.8 Å². The van der Waals surface area contributed by atoms with Gasteiger partial charge in [0.25, 0.3) is 0 Å². The predicted molar refractivity (Wildman–Crippen MR) is 181 cm³/mol. The number of methoxy groups -OCH3 is 1.